The largest absolute Gasteiger partial charge is 0.490 e. The summed E-state index contributed by atoms with van der Waals surface area (Å²) in [5, 5.41) is 14.0. The third-order valence-electron chi connectivity index (χ3n) is 4.24. The van der Waals surface area contributed by atoms with Gasteiger partial charge in [0.05, 0.1) is 27.8 Å². The fraction of sp³-hybridized carbons (Fsp3) is 0.0952. The van der Waals surface area contributed by atoms with Gasteiger partial charge in [-0.15, -0.1) is 0 Å². The summed E-state index contributed by atoms with van der Waals surface area (Å²) in [6, 6.07) is 11.9. The van der Waals surface area contributed by atoms with Gasteiger partial charge in [-0.05, 0) is 70.5 Å². The van der Waals surface area contributed by atoms with Crippen LogP contribution in [0.2, 0.25) is 0 Å². The van der Waals surface area contributed by atoms with Crippen molar-refractivity contribution in [3.63, 3.8) is 0 Å². The number of nitrogens with zero attached hydrogens (tertiary/aromatic N) is 3. The van der Waals surface area contributed by atoms with Gasteiger partial charge in [-0.1, -0.05) is 18.2 Å². The Labute approximate surface area is 190 Å². The molecule has 2 heterocycles. The van der Waals surface area contributed by atoms with Crippen LogP contribution in [0.15, 0.2) is 62.6 Å². The summed E-state index contributed by atoms with van der Waals surface area (Å²) in [6.07, 6.45) is 1.53. The molecule has 0 spiro atoms. The first-order chi connectivity index (χ1) is 15.0. The number of hydrazone groups is 1. The van der Waals surface area contributed by atoms with E-state index >= 15 is 0 Å². The summed E-state index contributed by atoms with van der Waals surface area (Å²) < 4.78 is 11.7. The van der Waals surface area contributed by atoms with E-state index in [0.29, 0.717) is 33.1 Å². The van der Waals surface area contributed by atoms with Crippen LogP contribution in [0.4, 0.5) is 0 Å². The van der Waals surface area contributed by atoms with E-state index in [-0.39, 0.29) is 17.2 Å². The molecule has 10 heteroatoms. The maximum absolute atomic E-state index is 12.5. The number of benzene rings is 2. The molecule has 156 valence electrons. The van der Waals surface area contributed by atoms with E-state index in [4.69, 9.17) is 14.9 Å². The Hall–Kier alpha value is -3.24. The number of nitrogens with one attached hydrogen (secondary N) is 1. The summed E-state index contributed by atoms with van der Waals surface area (Å²) in [5.41, 5.74) is 2.58. The number of amidine groups is 2. The van der Waals surface area contributed by atoms with E-state index in [1.807, 2.05) is 13.0 Å². The molecule has 1 N–H and O–H groups in total. The summed E-state index contributed by atoms with van der Waals surface area (Å²) >= 11 is 4.60. The van der Waals surface area contributed by atoms with Gasteiger partial charge in [0.1, 0.15) is 0 Å². The van der Waals surface area contributed by atoms with Crippen LogP contribution in [0.3, 0.4) is 0 Å². The minimum absolute atomic E-state index is 0.0649. The monoisotopic (exact) mass is 498 g/mol. The normalized spacial score (nSPS) is 16.4. The Morgan fingerprint density at radius 1 is 1.29 bits per heavy atom. The van der Waals surface area contributed by atoms with Crippen LogP contribution in [-0.4, -0.2) is 40.0 Å². The number of hydrogen-bond donors (Lipinski definition) is 1. The molecule has 0 fully saturated rings. The summed E-state index contributed by atoms with van der Waals surface area (Å²) in [5.74, 6) is -0.567. The number of hydrogen-bond acceptors (Lipinski definition) is 7. The zero-order valence-corrected chi connectivity index (χ0v) is 18.6. The van der Waals surface area contributed by atoms with Gasteiger partial charge < -0.3 is 9.47 Å². The number of ether oxygens (including phenoxy) is 2. The molecule has 2 aliphatic rings. The molecule has 0 aliphatic carbocycles. The van der Waals surface area contributed by atoms with Crippen LogP contribution in [0.5, 0.6) is 11.5 Å². The highest BCUT2D eigenvalue weighted by Gasteiger charge is 2.32. The molecule has 0 bridgehead atoms. The topological polar surface area (TPSA) is 104 Å². The SMILES string of the molecule is CCOc1cc(C=C2C(=N)N3N=CSC3=NC2=O)cc(Br)c1OC(=O)c1ccccc1. The second-order valence-corrected chi connectivity index (χ2v) is 7.94. The first-order valence-corrected chi connectivity index (χ1v) is 10.8. The van der Waals surface area contributed by atoms with Gasteiger partial charge in [0.2, 0.25) is 0 Å². The Bertz CT molecular complexity index is 1180. The average molecular weight is 499 g/mol. The van der Waals surface area contributed by atoms with E-state index in [2.05, 4.69) is 26.0 Å². The van der Waals surface area contributed by atoms with E-state index < -0.39 is 11.9 Å². The molecule has 0 atom stereocenters. The third-order valence-corrected chi connectivity index (χ3v) is 5.51. The van der Waals surface area contributed by atoms with Crippen molar-refractivity contribution in [3.8, 4) is 11.5 Å². The summed E-state index contributed by atoms with van der Waals surface area (Å²) in [4.78, 5) is 28.9. The van der Waals surface area contributed by atoms with Crippen molar-refractivity contribution in [2.24, 2.45) is 10.1 Å². The first-order valence-electron chi connectivity index (χ1n) is 9.14. The highest BCUT2D eigenvalue weighted by Crippen LogP contribution is 2.38. The van der Waals surface area contributed by atoms with E-state index in [0.717, 1.165) is 0 Å². The lowest BCUT2D eigenvalue weighted by Crippen LogP contribution is -2.35. The highest BCUT2D eigenvalue weighted by molar-refractivity contribution is 9.10. The van der Waals surface area contributed by atoms with Gasteiger partial charge >= 0.3 is 5.97 Å². The predicted molar refractivity (Wildman–Crippen MR) is 123 cm³/mol. The van der Waals surface area contributed by atoms with Crippen molar-refractivity contribution in [3.05, 3.63) is 63.6 Å². The van der Waals surface area contributed by atoms with Crippen LogP contribution in [0.1, 0.15) is 22.8 Å². The predicted octanol–water partition coefficient (Wildman–Crippen LogP) is 4.32. The number of rotatable bonds is 5. The molecular weight excluding hydrogens is 484 g/mol. The van der Waals surface area contributed by atoms with Gasteiger partial charge in [-0.25, -0.2) is 4.79 Å². The van der Waals surface area contributed by atoms with Crippen molar-refractivity contribution < 1.29 is 19.1 Å². The minimum atomic E-state index is -0.525. The molecule has 0 radical (unpaired) electrons. The lowest BCUT2D eigenvalue weighted by molar-refractivity contribution is -0.114. The van der Waals surface area contributed by atoms with Gasteiger partial charge in [-0.3, -0.25) is 10.2 Å². The number of esters is 1. The number of amides is 1. The van der Waals surface area contributed by atoms with E-state index in [1.54, 1.807) is 36.4 Å². The smallest absolute Gasteiger partial charge is 0.343 e. The van der Waals surface area contributed by atoms with Crippen molar-refractivity contribution in [1.29, 1.82) is 5.41 Å². The Morgan fingerprint density at radius 3 is 2.81 bits per heavy atom. The molecular formula is C21H15BrN4O4S. The maximum Gasteiger partial charge on any atom is 0.343 e. The van der Waals surface area contributed by atoms with Crippen LogP contribution in [0, 0.1) is 5.41 Å². The van der Waals surface area contributed by atoms with Crippen molar-refractivity contribution in [2.75, 3.05) is 6.61 Å². The summed E-state index contributed by atoms with van der Waals surface area (Å²) in [6.45, 7) is 2.14. The Kier molecular flexibility index (Phi) is 6.01. The van der Waals surface area contributed by atoms with Gasteiger partial charge in [0.25, 0.3) is 5.91 Å². The molecule has 0 aromatic heterocycles. The summed E-state index contributed by atoms with van der Waals surface area (Å²) in [7, 11) is 0. The van der Waals surface area contributed by atoms with Gasteiger partial charge in [-0.2, -0.15) is 15.1 Å². The van der Waals surface area contributed by atoms with E-state index in [1.165, 1.54) is 28.4 Å². The van der Waals surface area contributed by atoms with Crippen molar-refractivity contribution >= 4 is 62.2 Å². The molecule has 2 aromatic rings. The fourth-order valence-electron chi connectivity index (χ4n) is 2.86. The zero-order valence-electron chi connectivity index (χ0n) is 16.2. The lowest BCUT2D eigenvalue weighted by atomic mass is 10.1. The van der Waals surface area contributed by atoms with Gasteiger partial charge in [0, 0.05) is 0 Å². The molecule has 4 rings (SSSR count). The van der Waals surface area contributed by atoms with Crippen LogP contribution >= 0.6 is 27.7 Å². The standard InChI is InChI=1S/C21H15BrN4O4S/c1-2-29-16-10-12(8-14-18(23)26-21(25-19(14)27)31-11-24-26)9-15(22)17(16)30-20(28)13-6-4-3-5-7-13/h3-11,23H,2H2,1H3. The second kappa shape index (κ2) is 8.86. The molecule has 0 unspecified atom stereocenters. The van der Waals surface area contributed by atoms with Crippen molar-refractivity contribution in [2.45, 2.75) is 6.92 Å². The molecule has 8 nitrogen and oxygen atoms in total. The fourth-order valence-corrected chi connectivity index (χ4v) is 4.01. The van der Waals surface area contributed by atoms with E-state index in [9.17, 15) is 9.59 Å². The molecule has 0 saturated heterocycles. The number of carbonyl (C=O) groups excluding carboxylic acids is 2. The molecule has 1 amide bonds. The highest BCUT2D eigenvalue weighted by atomic mass is 79.9. The number of fused-ring (bicyclic) bond motifs is 1. The second-order valence-electron chi connectivity index (χ2n) is 6.28. The van der Waals surface area contributed by atoms with Gasteiger partial charge in [0.15, 0.2) is 22.5 Å². The lowest BCUT2D eigenvalue weighted by Gasteiger charge is -2.20. The molecule has 31 heavy (non-hydrogen) atoms. The first kappa shape index (κ1) is 21.0. The number of carbonyl (C=O) groups is 2. The molecule has 0 saturated carbocycles. The minimum Gasteiger partial charge on any atom is -0.490 e. The third kappa shape index (κ3) is 4.30. The zero-order chi connectivity index (χ0) is 22.0. The maximum atomic E-state index is 12.5. The Morgan fingerprint density at radius 2 is 2.06 bits per heavy atom. The van der Waals surface area contributed by atoms with Crippen molar-refractivity contribution in [1.82, 2.24) is 5.01 Å². The molecule has 2 aliphatic heterocycles. The van der Waals surface area contributed by atoms with Crippen LogP contribution in [0.25, 0.3) is 6.08 Å². The average Bonchev–Trinajstić information content (AvgIpc) is 3.23. The van der Waals surface area contributed by atoms with Crippen LogP contribution in [-0.2, 0) is 4.79 Å². The number of thioether (sulfide) groups is 1. The molecule has 2 aromatic carbocycles. The quantitative estimate of drug-likeness (QED) is 0.374. The Balaban J connectivity index is 1.68. The number of aliphatic imine (C=N–C) groups is 1. The van der Waals surface area contributed by atoms with Crippen LogP contribution < -0.4 is 9.47 Å². The number of halogens is 1.